The fourth-order valence-corrected chi connectivity index (χ4v) is 3.43. The maximum atomic E-state index is 14.9. The second-order valence-electron chi connectivity index (χ2n) is 6.65. The van der Waals surface area contributed by atoms with E-state index in [0.29, 0.717) is 19.5 Å². The molecule has 1 amide bonds. The van der Waals surface area contributed by atoms with Crippen LogP contribution in [0.4, 0.5) is 17.6 Å². The van der Waals surface area contributed by atoms with Crippen LogP contribution in [0, 0.1) is 0 Å². The molecule has 3 rings (SSSR count). The van der Waals surface area contributed by atoms with E-state index >= 15 is 0 Å². The van der Waals surface area contributed by atoms with E-state index in [0.717, 1.165) is 10.5 Å². The first kappa shape index (κ1) is 17.2. The summed E-state index contributed by atoms with van der Waals surface area (Å²) >= 11 is 0. The van der Waals surface area contributed by atoms with Crippen molar-refractivity contribution in [1.82, 2.24) is 10.2 Å². The molecule has 2 fully saturated rings. The molecule has 1 heterocycles. The smallest absolute Gasteiger partial charge is 0.328 e. The maximum absolute atomic E-state index is 14.9. The van der Waals surface area contributed by atoms with E-state index in [9.17, 15) is 22.4 Å². The fourth-order valence-electron chi connectivity index (χ4n) is 3.43. The van der Waals surface area contributed by atoms with Gasteiger partial charge in [0, 0.05) is 12.0 Å². The second kappa shape index (κ2) is 6.35. The van der Waals surface area contributed by atoms with Crippen molar-refractivity contribution in [2.24, 2.45) is 0 Å². The van der Waals surface area contributed by atoms with Crippen LogP contribution in [0.2, 0.25) is 0 Å². The Bertz CT molecular complexity index is 584. The lowest BCUT2D eigenvalue weighted by atomic mass is 9.93. The highest BCUT2D eigenvalue weighted by Crippen LogP contribution is 2.46. The third-order valence-corrected chi connectivity index (χ3v) is 4.84. The number of nitrogens with zero attached hydrogens (tertiary/aromatic N) is 1. The van der Waals surface area contributed by atoms with E-state index in [4.69, 9.17) is 0 Å². The highest BCUT2D eigenvalue weighted by atomic mass is 19.4. The van der Waals surface area contributed by atoms with Crippen LogP contribution in [-0.2, 0) is 4.79 Å². The van der Waals surface area contributed by atoms with E-state index in [2.05, 4.69) is 5.32 Å². The van der Waals surface area contributed by atoms with Crippen LogP contribution >= 0.6 is 0 Å². The third-order valence-electron chi connectivity index (χ3n) is 4.84. The first-order valence-corrected chi connectivity index (χ1v) is 8.13. The number of carbonyl (C=O) groups is 1. The van der Waals surface area contributed by atoms with Crippen LogP contribution in [0.3, 0.4) is 0 Å². The van der Waals surface area contributed by atoms with Crippen molar-refractivity contribution in [3.63, 3.8) is 0 Å². The van der Waals surface area contributed by atoms with Gasteiger partial charge in [-0.2, -0.15) is 13.2 Å². The van der Waals surface area contributed by atoms with Crippen LogP contribution in [0.15, 0.2) is 30.3 Å². The molecule has 0 radical (unpaired) electrons. The molecule has 2 aliphatic rings. The normalized spacial score (nSPS) is 26.0. The highest BCUT2D eigenvalue weighted by Gasteiger charge is 2.54. The molecule has 7 heteroatoms. The van der Waals surface area contributed by atoms with Gasteiger partial charge in [-0.15, -0.1) is 0 Å². The van der Waals surface area contributed by atoms with Gasteiger partial charge in [0.15, 0.2) is 0 Å². The van der Waals surface area contributed by atoms with Gasteiger partial charge >= 0.3 is 12.1 Å². The molecule has 2 atom stereocenters. The Morgan fingerprint density at radius 1 is 1.21 bits per heavy atom. The molecule has 0 aromatic heterocycles. The minimum atomic E-state index is -4.98. The van der Waals surface area contributed by atoms with Gasteiger partial charge in [-0.3, -0.25) is 4.79 Å². The minimum Gasteiger partial charge on any atom is -0.328 e. The van der Waals surface area contributed by atoms with Gasteiger partial charge in [0.25, 0.3) is 0 Å². The first-order valence-electron chi connectivity index (χ1n) is 8.13. The number of amides is 1. The van der Waals surface area contributed by atoms with Crippen LogP contribution < -0.4 is 5.32 Å². The number of hydrogen-bond acceptors (Lipinski definition) is 2. The van der Waals surface area contributed by atoms with Gasteiger partial charge in [0.1, 0.15) is 5.67 Å². The summed E-state index contributed by atoms with van der Waals surface area (Å²) in [5.41, 5.74) is -0.864. The molecule has 1 aliphatic heterocycles. The van der Waals surface area contributed by atoms with Gasteiger partial charge in [-0.25, -0.2) is 4.39 Å². The average molecular weight is 344 g/mol. The fraction of sp³-hybridized carbons (Fsp3) is 0.588. The Morgan fingerprint density at radius 2 is 1.83 bits per heavy atom. The summed E-state index contributed by atoms with van der Waals surface area (Å²) in [6, 6.07) is 8.52. The van der Waals surface area contributed by atoms with Gasteiger partial charge in [0.2, 0.25) is 0 Å². The summed E-state index contributed by atoms with van der Waals surface area (Å²) in [6.45, 7) is 0.343. The zero-order valence-electron chi connectivity index (χ0n) is 13.2. The lowest BCUT2D eigenvalue weighted by Crippen LogP contribution is -2.52. The van der Waals surface area contributed by atoms with Crippen LogP contribution in [-0.4, -0.2) is 48.3 Å². The third kappa shape index (κ3) is 3.71. The molecule has 0 bridgehead atoms. The van der Waals surface area contributed by atoms with Crippen molar-refractivity contribution in [1.29, 1.82) is 0 Å². The van der Waals surface area contributed by atoms with Gasteiger partial charge in [-0.1, -0.05) is 30.3 Å². The topological polar surface area (TPSA) is 32.3 Å². The van der Waals surface area contributed by atoms with Crippen LogP contribution in [0.1, 0.15) is 30.7 Å². The SMILES string of the molecule is O=C(N(CC1(F)CCNCC1)C1CC1c1ccccc1)C(F)(F)F. The summed E-state index contributed by atoms with van der Waals surface area (Å²) in [6.07, 6.45) is -4.29. The second-order valence-corrected chi connectivity index (χ2v) is 6.65. The van der Waals surface area contributed by atoms with E-state index in [1.807, 2.05) is 30.3 Å². The largest absolute Gasteiger partial charge is 0.471 e. The standard InChI is InChI=1S/C17H20F4N2O/c18-16(6-8-22-9-7-16)11-23(15(24)17(19,20)21)14-10-13(14)12-4-2-1-3-5-12/h1-5,13-14,22H,6-11H2. The molecule has 1 aliphatic carbocycles. The van der Waals surface area contributed by atoms with E-state index in [-0.39, 0.29) is 18.8 Å². The number of benzene rings is 1. The molecule has 1 aromatic carbocycles. The Morgan fingerprint density at radius 3 is 2.42 bits per heavy atom. The Kier molecular flexibility index (Phi) is 4.55. The van der Waals surface area contributed by atoms with E-state index in [1.165, 1.54) is 0 Å². The molecule has 2 unspecified atom stereocenters. The van der Waals surface area contributed by atoms with E-state index < -0.39 is 30.3 Å². The number of piperidine rings is 1. The summed E-state index contributed by atoms with van der Waals surface area (Å²) in [4.78, 5) is 12.6. The zero-order valence-corrected chi connectivity index (χ0v) is 13.2. The molecule has 3 nitrogen and oxygen atoms in total. The summed E-state index contributed by atoms with van der Waals surface area (Å²) in [5.74, 6) is -2.08. The van der Waals surface area contributed by atoms with Gasteiger partial charge in [0.05, 0.1) is 6.54 Å². The van der Waals surface area contributed by atoms with Gasteiger partial charge < -0.3 is 10.2 Å². The average Bonchev–Trinajstić information content (AvgIpc) is 3.33. The Balaban J connectivity index is 1.77. The Hall–Kier alpha value is -1.63. The zero-order chi connectivity index (χ0) is 17.4. The first-order chi connectivity index (χ1) is 11.3. The molecule has 1 saturated heterocycles. The Labute approximate surface area is 138 Å². The molecule has 0 spiro atoms. The van der Waals surface area contributed by atoms with Crippen molar-refractivity contribution in [2.45, 2.75) is 43.1 Å². The summed E-state index contributed by atoms with van der Waals surface area (Å²) < 4.78 is 53.8. The molecule has 132 valence electrons. The van der Waals surface area contributed by atoms with Crippen LogP contribution in [0.5, 0.6) is 0 Å². The highest BCUT2D eigenvalue weighted by molar-refractivity contribution is 5.82. The summed E-state index contributed by atoms with van der Waals surface area (Å²) in [5, 5.41) is 2.99. The van der Waals surface area contributed by atoms with Crippen molar-refractivity contribution >= 4 is 5.91 Å². The predicted octanol–water partition coefficient (Wildman–Crippen LogP) is 3.03. The van der Waals surface area contributed by atoms with Gasteiger partial charge in [-0.05, 0) is 37.9 Å². The van der Waals surface area contributed by atoms with Crippen molar-refractivity contribution in [3.8, 4) is 0 Å². The quantitative estimate of drug-likeness (QED) is 0.852. The molecular formula is C17H20F4N2O. The van der Waals surface area contributed by atoms with Crippen LogP contribution in [0.25, 0.3) is 0 Å². The summed E-state index contributed by atoms with van der Waals surface area (Å²) in [7, 11) is 0. The monoisotopic (exact) mass is 344 g/mol. The lowest BCUT2D eigenvalue weighted by molar-refractivity contribution is -0.188. The number of alkyl halides is 4. The number of nitrogens with one attached hydrogen (secondary N) is 1. The minimum absolute atomic E-state index is 0.122. The molecule has 1 saturated carbocycles. The number of halogens is 4. The maximum Gasteiger partial charge on any atom is 0.471 e. The van der Waals surface area contributed by atoms with Crippen molar-refractivity contribution in [2.75, 3.05) is 19.6 Å². The molecule has 1 aromatic rings. The molecule has 1 N–H and O–H groups in total. The van der Waals surface area contributed by atoms with Crippen molar-refractivity contribution < 1.29 is 22.4 Å². The molecular weight excluding hydrogens is 324 g/mol. The predicted molar refractivity (Wildman–Crippen MR) is 81.3 cm³/mol. The van der Waals surface area contributed by atoms with E-state index in [1.54, 1.807) is 0 Å². The lowest BCUT2D eigenvalue weighted by Gasteiger charge is -2.36. The number of carbonyl (C=O) groups excluding carboxylic acids is 1. The number of hydrogen-bond donors (Lipinski definition) is 1. The van der Waals surface area contributed by atoms with Crippen molar-refractivity contribution in [3.05, 3.63) is 35.9 Å². The number of rotatable bonds is 4. The molecule has 24 heavy (non-hydrogen) atoms.